The summed E-state index contributed by atoms with van der Waals surface area (Å²) in [5, 5.41) is 4.37. The van der Waals surface area contributed by atoms with E-state index in [1.807, 2.05) is 31.2 Å². The second-order valence-electron chi connectivity index (χ2n) is 3.62. The lowest BCUT2D eigenvalue weighted by molar-refractivity contribution is 0.111. The van der Waals surface area contributed by atoms with Gasteiger partial charge in [-0.3, -0.25) is 9.48 Å². The molecule has 88 valence electrons. The minimum atomic E-state index is 0.596. The Labute approximate surface area is 99.8 Å². The highest BCUT2D eigenvalue weighted by atomic mass is 16.5. The molecule has 0 bridgehead atoms. The number of rotatable bonds is 4. The molecule has 1 aromatic heterocycles. The lowest BCUT2D eigenvalue weighted by atomic mass is 10.1. The zero-order valence-electron chi connectivity index (χ0n) is 9.88. The molecule has 0 aliphatic carbocycles. The summed E-state index contributed by atoms with van der Waals surface area (Å²) in [4.78, 5) is 10.9. The van der Waals surface area contributed by atoms with Crippen LogP contribution in [0.15, 0.2) is 30.3 Å². The van der Waals surface area contributed by atoms with E-state index in [2.05, 4.69) is 5.10 Å². The fourth-order valence-corrected chi connectivity index (χ4v) is 1.68. The molecule has 0 unspecified atom stereocenters. The van der Waals surface area contributed by atoms with Crippen LogP contribution < -0.4 is 4.74 Å². The van der Waals surface area contributed by atoms with Crippen LogP contribution in [0.4, 0.5) is 0 Å². The number of benzene rings is 1. The van der Waals surface area contributed by atoms with Gasteiger partial charge >= 0.3 is 0 Å². The number of carbonyl (C=O) groups excluding carboxylic acids is 1. The summed E-state index contributed by atoms with van der Waals surface area (Å²) in [6.07, 6.45) is 0.823. The molecule has 0 aliphatic heterocycles. The fraction of sp³-hybridized carbons (Fsp3) is 0.231. The largest absolute Gasteiger partial charge is 0.497 e. The molecule has 2 aromatic rings. The Morgan fingerprint density at radius 1 is 1.35 bits per heavy atom. The highest BCUT2D eigenvalue weighted by molar-refractivity contribution is 5.75. The van der Waals surface area contributed by atoms with E-state index in [0.29, 0.717) is 12.2 Å². The van der Waals surface area contributed by atoms with Gasteiger partial charge in [0.1, 0.15) is 11.4 Å². The van der Waals surface area contributed by atoms with Crippen molar-refractivity contribution >= 4 is 6.29 Å². The monoisotopic (exact) mass is 230 g/mol. The van der Waals surface area contributed by atoms with Gasteiger partial charge in [0, 0.05) is 12.1 Å². The summed E-state index contributed by atoms with van der Waals surface area (Å²) in [7, 11) is 1.63. The predicted octanol–water partition coefficient (Wildman–Crippen LogP) is 2.39. The van der Waals surface area contributed by atoms with E-state index in [1.165, 1.54) is 0 Å². The number of aromatic nitrogens is 2. The SMILES string of the molecule is CCn1nc(-c2ccc(OC)cc2)cc1C=O. The average Bonchev–Trinajstić information content (AvgIpc) is 2.82. The molecular weight excluding hydrogens is 216 g/mol. The van der Waals surface area contributed by atoms with E-state index in [4.69, 9.17) is 4.74 Å². The van der Waals surface area contributed by atoms with Gasteiger partial charge in [-0.2, -0.15) is 5.10 Å². The smallest absolute Gasteiger partial charge is 0.168 e. The molecule has 4 heteroatoms. The molecule has 0 fully saturated rings. The van der Waals surface area contributed by atoms with Gasteiger partial charge < -0.3 is 4.74 Å². The van der Waals surface area contributed by atoms with Crippen LogP contribution in [0.1, 0.15) is 17.4 Å². The van der Waals surface area contributed by atoms with Gasteiger partial charge in [0.25, 0.3) is 0 Å². The third-order valence-corrected chi connectivity index (χ3v) is 2.62. The maximum Gasteiger partial charge on any atom is 0.168 e. The van der Waals surface area contributed by atoms with Gasteiger partial charge in [0.05, 0.1) is 12.8 Å². The molecule has 0 amide bonds. The summed E-state index contributed by atoms with van der Waals surface area (Å²) < 4.78 is 6.78. The lowest BCUT2D eigenvalue weighted by Gasteiger charge is -2.00. The average molecular weight is 230 g/mol. The maximum atomic E-state index is 10.9. The van der Waals surface area contributed by atoms with Crippen LogP contribution in [0, 0.1) is 0 Å². The molecular formula is C13H14N2O2. The fourth-order valence-electron chi connectivity index (χ4n) is 1.68. The second-order valence-corrected chi connectivity index (χ2v) is 3.62. The van der Waals surface area contributed by atoms with E-state index < -0.39 is 0 Å². The number of hydrogen-bond acceptors (Lipinski definition) is 3. The van der Waals surface area contributed by atoms with Crippen LogP contribution in [0.2, 0.25) is 0 Å². The first kappa shape index (κ1) is 11.4. The summed E-state index contributed by atoms with van der Waals surface area (Å²) in [6, 6.07) is 9.39. The van der Waals surface area contributed by atoms with Crippen LogP contribution >= 0.6 is 0 Å². The first-order chi connectivity index (χ1) is 8.28. The number of ether oxygens (including phenoxy) is 1. The molecule has 2 rings (SSSR count). The van der Waals surface area contributed by atoms with Crippen molar-refractivity contribution in [3.8, 4) is 17.0 Å². The maximum absolute atomic E-state index is 10.9. The summed E-state index contributed by atoms with van der Waals surface area (Å²) in [5.41, 5.74) is 2.37. The third-order valence-electron chi connectivity index (χ3n) is 2.62. The Morgan fingerprint density at radius 3 is 2.53 bits per heavy atom. The standard InChI is InChI=1S/C13H14N2O2/c1-3-15-11(9-16)8-13(14-15)10-4-6-12(17-2)7-5-10/h4-9H,3H2,1-2H3. The van der Waals surface area contributed by atoms with Crippen LogP contribution in [0.25, 0.3) is 11.3 Å². The number of methoxy groups -OCH3 is 1. The van der Waals surface area contributed by atoms with Gasteiger partial charge in [-0.15, -0.1) is 0 Å². The van der Waals surface area contributed by atoms with E-state index in [1.54, 1.807) is 17.9 Å². The molecule has 1 aromatic carbocycles. The molecule has 17 heavy (non-hydrogen) atoms. The van der Waals surface area contributed by atoms with Crippen molar-refractivity contribution in [1.29, 1.82) is 0 Å². The molecule has 0 saturated heterocycles. The third kappa shape index (κ3) is 2.20. The van der Waals surface area contributed by atoms with Crippen molar-refractivity contribution < 1.29 is 9.53 Å². The van der Waals surface area contributed by atoms with E-state index >= 15 is 0 Å². The minimum Gasteiger partial charge on any atom is -0.497 e. The van der Waals surface area contributed by atoms with Crippen LogP contribution in [-0.2, 0) is 6.54 Å². The Kier molecular flexibility index (Phi) is 3.23. The van der Waals surface area contributed by atoms with Gasteiger partial charge in [-0.25, -0.2) is 0 Å². The van der Waals surface area contributed by atoms with Crippen molar-refractivity contribution in [3.63, 3.8) is 0 Å². The highest BCUT2D eigenvalue weighted by Crippen LogP contribution is 2.21. The van der Waals surface area contributed by atoms with Crippen LogP contribution in [0.5, 0.6) is 5.75 Å². The Morgan fingerprint density at radius 2 is 2.06 bits per heavy atom. The zero-order valence-corrected chi connectivity index (χ0v) is 9.88. The lowest BCUT2D eigenvalue weighted by Crippen LogP contribution is -2.00. The molecule has 4 nitrogen and oxygen atoms in total. The number of aryl methyl sites for hydroxylation is 1. The Bertz CT molecular complexity index is 515. The molecule has 0 atom stereocenters. The normalized spacial score (nSPS) is 10.2. The topological polar surface area (TPSA) is 44.1 Å². The van der Waals surface area contributed by atoms with Gasteiger partial charge in [0.2, 0.25) is 0 Å². The molecule has 0 aliphatic rings. The molecule has 0 radical (unpaired) electrons. The van der Waals surface area contributed by atoms with Crippen molar-refractivity contribution in [2.24, 2.45) is 0 Å². The molecule has 1 heterocycles. The van der Waals surface area contributed by atoms with Crippen molar-refractivity contribution in [2.75, 3.05) is 7.11 Å². The second kappa shape index (κ2) is 4.82. The molecule has 0 spiro atoms. The van der Waals surface area contributed by atoms with Crippen LogP contribution in [-0.4, -0.2) is 23.2 Å². The number of hydrogen-bond donors (Lipinski definition) is 0. The first-order valence-corrected chi connectivity index (χ1v) is 5.46. The summed E-state index contributed by atoms with van der Waals surface area (Å²) in [5.74, 6) is 0.805. The van der Waals surface area contributed by atoms with Crippen LogP contribution in [0.3, 0.4) is 0 Å². The molecule has 0 N–H and O–H groups in total. The van der Waals surface area contributed by atoms with Gasteiger partial charge in [-0.05, 0) is 37.3 Å². The number of aldehydes is 1. The highest BCUT2D eigenvalue weighted by Gasteiger charge is 2.07. The number of carbonyl (C=O) groups is 1. The van der Waals surface area contributed by atoms with E-state index in [9.17, 15) is 4.79 Å². The Balaban J connectivity index is 2.38. The van der Waals surface area contributed by atoms with E-state index in [0.717, 1.165) is 23.3 Å². The first-order valence-electron chi connectivity index (χ1n) is 5.46. The summed E-state index contributed by atoms with van der Waals surface area (Å²) >= 11 is 0. The Hall–Kier alpha value is -2.10. The predicted molar refractivity (Wildman–Crippen MR) is 65.3 cm³/mol. The van der Waals surface area contributed by atoms with Gasteiger partial charge in [-0.1, -0.05) is 0 Å². The van der Waals surface area contributed by atoms with E-state index in [-0.39, 0.29) is 0 Å². The minimum absolute atomic E-state index is 0.596. The van der Waals surface area contributed by atoms with Crippen molar-refractivity contribution in [3.05, 3.63) is 36.0 Å². The van der Waals surface area contributed by atoms with Crippen molar-refractivity contribution in [1.82, 2.24) is 9.78 Å². The zero-order chi connectivity index (χ0) is 12.3. The molecule has 0 saturated carbocycles. The van der Waals surface area contributed by atoms with Crippen molar-refractivity contribution in [2.45, 2.75) is 13.5 Å². The number of nitrogens with zero attached hydrogens (tertiary/aromatic N) is 2. The van der Waals surface area contributed by atoms with Gasteiger partial charge in [0.15, 0.2) is 6.29 Å². The quantitative estimate of drug-likeness (QED) is 0.757. The summed E-state index contributed by atoms with van der Waals surface area (Å²) in [6.45, 7) is 2.64.